The van der Waals surface area contributed by atoms with Crippen LogP contribution in [-0.4, -0.2) is 39.3 Å². The molecule has 0 aliphatic heterocycles. The lowest BCUT2D eigenvalue weighted by Gasteiger charge is -2.14. The molecule has 0 bridgehead atoms. The number of halogens is 1. The Labute approximate surface area is 125 Å². The van der Waals surface area contributed by atoms with Gasteiger partial charge in [-0.15, -0.1) is 0 Å². The van der Waals surface area contributed by atoms with Gasteiger partial charge in [0, 0.05) is 17.2 Å². The number of methoxy groups -OCH3 is 1. The Morgan fingerprint density at radius 1 is 1.42 bits per heavy atom. The number of benzene rings is 1. The number of hydrogen-bond donors (Lipinski definition) is 2. The topological polar surface area (TPSA) is 92.7 Å². The minimum absolute atomic E-state index is 0.0862. The third-order valence-corrected chi connectivity index (χ3v) is 4.52. The number of aliphatic carboxylic acids is 1. The van der Waals surface area contributed by atoms with Gasteiger partial charge in [-0.1, -0.05) is 0 Å². The molecule has 0 aliphatic carbocycles. The molecule has 0 radical (unpaired) electrons. The lowest BCUT2D eigenvalue weighted by atomic mass is 10.2. The molecule has 19 heavy (non-hydrogen) atoms. The van der Waals surface area contributed by atoms with E-state index in [0.29, 0.717) is 0 Å². The van der Waals surface area contributed by atoms with E-state index in [1.165, 1.54) is 19.2 Å². The van der Waals surface area contributed by atoms with Crippen LogP contribution in [0.25, 0.3) is 0 Å². The quantitative estimate of drug-likeness (QED) is 0.669. The fourth-order valence-corrected chi connectivity index (χ4v) is 2.76. The first-order valence-corrected chi connectivity index (χ1v) is 7.91. The molecule has 0 heterocycles. The van der Waals surface area contributed by atoms with Crippen LogP contribution in [0.1, 0.15) is 6.42 Å². The average Bonchev–Trinajstić information content (AvgIpc) is 2.34. The Bertz CT molecular complexity index is 529. The average molecular weight is 399 g/mol. The molecule has 1 atom stereocenters. The van der Waals surface area contributed by atoms with E-state index >= 15 is 0 Å². The predicted octanol–water partition coefficient (Wildman–Crippen LogP) is 1.06. The molecule has 2 N–H and O–H groups in total. The number of sulfonamides is 1. The maximum atomic E-state index is 11.9. The van der Waals surface area contributed by atoms with Crippen molar-refractivity contribution in [1.29, 1.82) is 0 Å². The van der Waals surface area contributed by atoms with E-state index < -0.39 is 22.1 Å². The van der Waals surface area contributed by atoms with Gasteiger partial charge in [0.05, 0.1) is 17.4 Å². The molecule has 0 aliphatic rings. The Hall–Kier alpha value is -0.710. The van der Waals surface area contributed by atoms with E-state index in [0.717, 1.165) is 3.57 Å². The van der Waals surface area contributed by atoms with E-state index in [2.05, 4.69) is 27.3 Å². The first-order valence-electron chi connectivity index (χ1n) is 5.35. The molecule has 1 aromatic carbocycles. The predicted molar refractivity (Wildman–Crippen MR) is 77.4 cm³/mol. The number of nitrogens with one attached hydrogen (secondary N) is 1. The highest BCUT2D eigenvalue weighted by molar-refractivity contribution is 14.1. The zero-order chi connectivity index (χ0) is 14.5. The second kappa shape index (κ2) is 7.17. The van der Waals surface area contributed by atoms with Crippen LogP contribution in [0.4, 0.5) is 0 Å². The first-order chi connectivity index (χ1) is 8.85. The molecule has 0 saturated heterocycles. The molecule has 1 aromatic rings. The number of carboxylic acids is 1. The smallest absolute Gasteiger partial charge is 0.306 e. The summed E-state index contributed by atoms with van der Waals surface area (Å²) in [5.74, 6) is -1.04. The van der Waals surface area contributed by atoms with Gasteiger partial charge in [-0.2, -0.15) is 0 Å². The van der Waals surface area contributed by atoms with Gasteiger partial charge in [0.15, 0.2) is 0 Å². The minimum Gasteiger partial charge on any atom is -0.481 e. The lowest BCUT2D eigenvalue weighted by molar-refractivity contribution is -0.139. The van der Waals surface area contributed by atoms with Gasteiger partial charge in [0.1, 0.15) is 0 Å². The standard InChI is InChI=1S/C11H14INO5S/c1-18-9(6-11(14)15)7-13-19(16,17)10-4-2-8(12)3-5-10/h2-5,9,13H,6-7H2,1H3,(H,14,15). The highest BCUT2D eigenvalue weighted by atomic mass is 127. The van der Waals surface area contributed by atoms with Crippen LogP contribution in [0.3, 0.4) is 0 Å². The fourth-order valence-electron chi connectivity index (χ4n) is 1.33. The van der Waals surface area contributed by atoms with Crippen LogP contribution in [0.5, 0.6) is 0 Å². The molecule has 0 saturated carbocycles. The van der Waals surface area contributed by atoms with Crippen molar-refractivity contribution in [2.75, 3.05) is 13.7 Å². The fraction of sp³-hybridized carbons (Fsp3) is 0.364. The van der Waals surface area contributed by atoms with Crippen molar-refractivity contribution in [1.82, 2.24) is 4.72 Å². The molecule has 8 heteroatoms. The summed E-state index contributed by atoms with van der Waals surface area (Å²) in [5, 5.41) is 8.63. The summed E-state index contributed by atoms with van der Waals surface area (Å²) in [4.78, 5) is 10.7. The maximum Gasteiger partial charge on any atom is 0.306 e. The summed E-state index contributed by atoms with van der Waals surface area (Å²) < 4.78 is 32.0. The van der Waals surface area contributed by atoms with Gasteiger partial charge in [0.2, 0.25) is 10.0 Å². The van der Waals surface area contributed by atoms with Crippen LogP contribution in [-0.2, 0) is 19.6 Å². The molecule has 6 nitrogen and oxygen atoms in total. The summed E-state index contributed by atoms with van der Waals surface area (Å²) >= 11 is 2.08. The van der Waals surface area contributed by atoms with Gasteiger partial charge in [0.25, 0.3) is 0 Å². The van der Waals surface area contributed by atoms with Crippen LogP contribution in [0.15, 0.2) is 29.2 Å². The van der Waals surface area contributed by atoms with Crippen molar-refractivity contribution in [2.45, 2.75) is 17.4 Å². The number of ether oxygens (including phenoxy) is 1. The van der Waals surface area contributed by atoms with Crippen molar-refractivity contribution in [3.8, 4) is 0 Å². The number of rotatable bonds is 7. The Morgan fingerprint density at radius 2 is 2.00 bits per heavy atom. The van der Waals surface area contributed by atoms with Gasteiger partial charge >= 0.3 is 5.97 Å². The third-order valence-electron chi connectivity index (χ3n) is 2.36. The summed E-state index contributed by atoms with van der Waals surface area (Å²) in [6, 6.07) is 6.34. The molecule has 1 unspecified atom stereocenters. The van der Waals surface area contributed by atoms with Crippen LogP contribution < -0.4 is 4.72 Å². The molecule has 0 spiro atoms. The van der Waals surface area contributed by atoms with Crippen LogP contribution in [0.2, 0.25) is 0 Å². The largest absolute Gasteiger partial charge is 0.481 e. The van der Waals surface area contributed by atoms with Gasteiger partial charge in [-0.3, -0.25) is 4.79 Å². The first kappa shape index (κ1) is 16.3. The zero-order valence-electron chi connectivity index (χ0n) is 10.2. The van der Waals surface area contributed by atoms with Gasteiger partial charge < -0.3 is 9.84 Å². The molecular formula is C11H14INO5S. The van der Waals surface area contributed by atoms with E-state index in [9.17, 15) is 13.2 Å². The maximum absolute atomic E-state index is 11.9. The molecule has 0 amide bonds. The molecule has 1 rings (SSSR count). The van der Waals surface area contributed by atoms with Crippen LogP contribution in [0, 0.1) is 3.57 Å². The van der Waals surface area contributed by atoms with Crippen molar-refractivity contribution in [3.05, 3.63) is 27.8 Å². The summed E-state index contributed by atoms with van der Waals surface area (Å²) in [6.45, 7) is -0.0862. The highest BCUT2D eigenvalue weighted by Crippen LogP contribution is 2.12. The summed E-state index contributed by atoms with van der Waals surface area (Å²) in [7, 11) is -2.30. The van der Waals surface area contributed by atoms with Crippen molar-refractivity contribution in [2.24, 2.45) is 0 Å². The Kier molecular flexibility index (Phi) is 6.17. The van der Waals surface area contributed by atoms with Gasteiger partial charge in [-0.25, -0.2) is 13.1 Å². The SMILES string of the molecule is COC(CNS(=O)(=O)c1ccc(I)cc1)CC(=O)O. The van der Waals surface area contributed by atoms with Crippen molar-refractivity contribution in [3.63, 3.8) is 0 Å². The van der Waals surface area contributed by atoms with Gasteiger partial charge in [-0.05, 0) is 46.9 Å². The zero-order valence-corrected chi connectivity index (χ0v) is 13.1. The second-order valence-electron chi connectivity index (χ2n) is 3.76. The summed E-state index contributed by atoms with van der Waals surface area (Å²) in [6.07, 6.45) is -0.956. The number of carbonyl (C=O) groups is 1. The third kappa shape index (κ3) is 5.43. The second-order valence-corrected chi connectivity index (χ2v) is 6.77. The Morgan fingerprint density at radius 3 is 2.47 bits per heavy atom. The monoisotopic (exact) mass is 399 g/mol. The summed E-state index contributed by atoms with van der Waals surface area (Å²) in [5.41, 5.74) is 0. The lowest BCUT2D eigenvalue weighted by Crippen LogP contribution is -2.34. The van der Waals surface area contributed by atoms with E-state index in [1.54, 1.807) is 12.1 Å². The molecular weight excluding hydrogens is 385 g/mol. The van der Waals surface area contributed by atoms with Crippen molar-refractivity contribution < 1.29 is 23.1 Å². The number of hydrogen-bond acceptors (Lipinski definition) is 4. The number of carboxylic acid groups (broad SMARTS) is 1. The van der Waals surface area contributed by atoms with E-state index in [4.69, 9.17) is 9.84 Å². The van der Waals surface area contributed by atoms with E-state index in [-0.39, 0.29) is 17.9 Å². The van der Waals surface area contributed by atoms with Crippen molar-refractivity contribution >= 4 is 38.6 Å². The molecule has 0 fully saturated rings. The Balaban J connectivity index is 2.69. The molecule has 106 valence electrons. The highest BCUT2D eigenvalue weighted by Gasteiger charge is 2.18. The van der Waals surface area contributed by atoms with E-state index in [1.807, 2.05) is 0 Å². The minimum atomic E-state index is -3.64. The molecule has 0 aromatic heterocycles. The normalized spacial score (nSPS) is 13.2. The van der Waals surface area contributed by atoms with Crippen LogP contribution >= 0.6 is 22.6 Å².